The number of hydrogen-bond donors (Lipinski definition) is 2. The van der Waals surface area contributed by atoms with E-state index in [0.29, 0.717) is 17.8 Å². The summed E-state index contributed by atoms with van der Waals surface area (Å²) >= 11 is 0. The van der Waals surface area contributed by atoms with E-state index in [1.165, 1.54) is 6.07 Å². The summed E-state index contributed by atoms with van der Waals surface area (Å²) in [5, 5.41) is 3.20. The standard InChI is InChI=1S/C15H17FN2O/c1-10-7-14(13(17)8-12(10)16)18-9-11-5-3-4-6-15(11)19-2/h3-8,18H,9,17H2,1-2H3. The number of aryl methyl sites for hydroxylation is 1. The van der Waals surface area contributed by atoms with Crippen molar-refractivity contribution in [1.82, 2.24) is 0 Å². The number of nitrogens with two attached hydrogens (primary N) is 1. The molecule has 4 heteroatoms. The van der Waals surface area contributed by atoms with Gasteiger partial charge in [-0.05, 0) is 30.7 Å². The van der Waals surface area contributed by atoms with Gasteiger partial charge < -0.3 is 15.8 Å². The number of hydrogen-bond acceptors (Lipinski definition) is 3. The van der Waals surface area contributed by atoms with Crippen LogP contribution < -0.4 is 15.8 Å². The molecule has 0 amide bonds. The Bertz CT molecular complexity index is 584. The topological polar surface area (TPSA) is 47.3 Å². The van der Waals surface area contributed by atoms with Crippen LogP contribution in [0.25, 0.3) is 0 Å². The molecule has 0 unspecified atom stereocenters. The SMILES string of the molecule is COc1ccccc1CNc1cc(C)c(F)cc1N. The molecule has 0 saturated heterocycles. The number of methoxy groups -OCH3 is 1. The van der Waals surface area contributed by atoms with Gasteiger partial charge in [0.15, 0.2) is 0 Å². The van der Waals surface area contributed by atoms with Gasteiger partial charge in [-0.1, -0.05) is 18.2 Å². The lowest BCUT2D eigenvalue weighted by Gasteiger charge is -2.13. The molecule has 0 spiro atoms. The highest BCUT2D eigenvalue weighted by atomic mass is 19.1. The predicted molar refractivity (Wildman–Crippen MR) is 75.9 cm³/mol. The Kier molecular flexibility index (Phi) is 3.90. The van der Waals surface area contributed by atoms with E-state index < -0.39 is 0 Å². The molecular weight excluding hydrogens is 243 g/mol. The molecule has 2 aromatic rings. The van der Waals surface area contributed by atoms with Crippen molar-refractivity contribution in [3.63, 3.8) is 0 Å². The lowest BCUT2D eigenvalue weighted by Crippen LogP contribution is -2.05. The van der Waals surface area contributed by atoms with Crippen LogP contribution in [0.5, 0.6) is 5.75 Å². The molecule has 0 heterocycles. The number of halogens is 1. The highest BCUT2D eigenvalue weighted by Crippen LogP contribution is 2.24. The van der Waals surface area contributed by atoms with E-state index in [1.54, 1.807) is 20.1 Å². The van der Waals surface area contributed by atoms with Crippen molar-refractivity contribution in [3.05, 3.63) is 53.3 Å². The van der Waals surface area contributed by atoms with Crippen molar-refractivity contribution in [3.8, 4) is 5.75 Å². The monoisotopic (exact) mass is 260 g/mol. The van der Waals surface area contributed by atoms with Gasteiger partial charge >= 0.3 is 0 Å². The summed E-state index contributed by atoms with van der Waals surface area (Å²) < 4.78 is 18.6. The van der Waals surface area contributed by atoms with E-state index >= 15 is 0 Å². The summed E-state index contributed by atoms with van der Waals surface area (Å²) in [6, 6.07) is 10.8. The quantitative estimate of drug-likeness (QED) is 0.829. The Balaban J connectivity index is 2.17. The maximum atomic E-state index is 13.3. The molecule has 0 bridgehead atoms. The zero-order valence-electron chi connectivity index (χ0n) is 11.0. The summed E-state index contributed by atoms with van der Waals surface area (Å²) in [5.41, 5.74) is 8.51. The van der Waals surface area contributed by atoms with Gasteiger partial charge in [0.05, 0.1) is 18.5 Å². The van der Waals surface area contributed by atoms with Crippen molar-refractivity contribution in [2.75, 3.05) is 18.2 Å². The van der Waals surface area contributed by atoms with Crippen molar-refractivity contribution in [2.45, 2.75) is 13.5 Å². The first kappa shape index (κ1) is 13.2. The average Bonchev–Trinajstić information content (AvgIpc) is 2.41. The Morgan fingerprint density at radius 1 is 1.26 bits per heavy atom. The molecule has 3 nitrogen and oxygen atoms in total. The molecule has 0 fully saturated rings. The highest BCUT2D eigenvalue weighted by Gasteiger charge is 2.06. The van der Waals surface area contributed by atoms with E-state index in [9.17, 15) is 4.39 Å². The normalized spacial score (nSPS) is 10.3. The zero-order valence-corrected chi connectivity index (χ0v) is 11.0. The highest BCUT2D eigenvalue weighted by molar-refractivity contribution is 5.67. The molecule has 0 aliphatic carbocycles. The largest absolute Gasteiger partial charge is 0.496 e. The van der Waals surface area contributed by atoms with E-state index in [0.717, 1.165) is 17.0 Å². The Hall–Kier alpha value is -2.23. The lowest BCUT2D eigenvalue weighted by molar-refractivity contribution is 0.410. The maximum absolute atomic E-state index is 13.3. The summed E-state index contributed by atoms with van der Waals surface area (Å²) in [4.78, 5) is 0. The molecule has 0 radical (unpaired) electrons. The fraction of sp³-hybridized carbons (Fsp3) is 0.200. The van der Waals surface area contributed by atoms with Crippen LogP contribution in [-0.2, 0) is 6.54 Å². The lowest BCUT2D eigenvalue weighted by atomic mass is 10.1. The fourth-order valence-corrected chi connectivity index (χ4v) is 1.89. The average molecular weight is 260 g/mol. The van der Waals surface area contributed by atoms with Gasteiger partial charge in [0.25, 0.3) is 0 Å². The first-order chi connectivity index (χ1) is 9.11. The molecule has 0 aromatic heterocycles. The summed E-state index contributed by atoms with van der Waals surface area (Å²) in [6.07, 6.45) is 0. The van der Waals surface area contributed by atoms with Crippen LogP contribution in [0.3, 0.4) is 0 Å². The van der Waals surface area contributed by atoms with Crippen LogP contribution in [0.2, 0.25) is 0 Å². The third kappa shape index (κ3) is 2.96. The number of ether oxygens (including phenoxy) is 1. The van der Waals surface area contributed by atoms with E-state index in [2.05, 4.69) is 5.32 Å². The molecule has 19 heavy (non-hydrogen) atoms. The summed E-state index contributed by atoms with van der Waals surface area (Å²) in [5.74, 6) is 0.521. The molecule has 100 valence electrons. The minimum atomic E-state index is -0.291. The van der Waals surface area contributed by atoms with Gasteiger partial charge in [0.1, 0.15) is 11.6 Å². The second kappa shape index (κ2) is 5.61. The zero-order chi connectivity index (χ0) is 13.8. The molecule has 0 aliphatic rings. The number of benzene rings is 2. The van der Waals surface area contributed by atoms with Crippen molar-refractivity contribution < 1.29 is 9.13 Å². The maximum Gasteiger partial charge on any atom is 0.128 e. The van der Waals surface area contributed by atoms with Gasteiger partial charge in [0, 0.05) is 12.1 Å². The van der Waals surface area contributed by atoms with Crippen molar-refractivity contribution >= 4 is 11.4 Å². The molecular formula is C15H17FN2O. The van der Waals surface area contributed by atoms with Gasteiger partial charge in [-0.15, -0.1) is 0 Å². The molecule has 2 rings (SSSR count). The second-order valence-electron chi connectivity index (χ2n) is 4.35. The molecule has 0 saturated carbocycles. The first-order valence-corrected chi connectivity index (χ1v) is 6.03. The second-order valence-corrected chi connectivity index (χ2v) is 4.35. The number of nitrogens with one attached hydrogen (secondary N) is 1. The predicted octanol–water partition coefficient (Wildman–Crippen LogP) is 3.34. The Morgan fingerprint density at radius 3 is 2.74 bits per heavy atom. The first-order valence-electron chi connectivity index (χ1n) is 6.03. The van der Waals surface area contributed by atoms with Crippen LogP contribution in [0, 0.1) is 12.7 Å². The van der Waals surface area contributed by atoms with E-state index in [1.807, 2.05) is 24.3 Å². The molecule has 0 atom stereocenters. The number of anilines is 2. The third-order valence-corrected chi connectivity index (χ3v) is 2.99. The number of nitrogen functional groups attached to an aromatic ring is 1. The van der Waals surface area contributed by atoms with Gasteiger partial charge in [-0.25, -0.2) is 4.39 Å². The van der Waals surface area contributed by atoms with Crippen molar-refractivity contribution in [1.29, 1.82) is 0 Å². The van der Waals surface area contributed by atoms with Gasteiger partial charge in [-0.2, -0.15) is 0 Å². The van der Waals surface area contributed by atoms with Crippen LogP contribution >= 0.6 is 0 Å². The Morgan fingerprint density at radius 2 is 2.00 bits per heavy atom. The molecule has 0 aliphatic heterocycles. The van der Waals surface area contributed by atoms with Gasteiger partial charge in [-0.3, -0.25) is 0 Å². The molecule has 2 aromatic carbocycles. The van der Waals surface area contributed by atoms with E-state index in [4.69, 9.17) is 10.5 Å². The Labute approximate surface area is 112 Å². The summed E-state index contributed by atoms with van der Waals surface area (Å²) in [6.45, 7) is 2.28. The fourth-order valence-electron chi connectivity index (χ4n) is 1.89. The number of rotatable bonds is 4. The third-order valence-electron chi connectivity index (χ3n) is 2.99. The van der Waals surface area contributed by atoms with Crippen LogP contribution in [-0.4, -0.2) is 7.11 Å². The summed E-state index contributed by atoms with van der Waals surface area (Å²) in [7, 11) is 1.63. The minimum absolute atomic E-state index is 0.291. The van der Waals surface area contributed by atoms with Crippen molar-refractivity contribution in [2.24, 2.45) is 0 Å². The van der Waals surface area contributed by atoms with Crippen LogP contribution in [0.4, 0.5) is 15.8 Å². The van der Waals surface area contributed by atoms with E-state index in [-0.39, 0.29) is 5.82 Å². The van der Waals surface area contributed by atoms with Crippen LogP contribution in [0.1, 0.15) is 11.1 Å². The minimum Gasteiger partial charge on any atom is -0.496 e. The smallest absolute Gasteiger partial charge is 0.128 e. The number of para-hydroxylation sites is 1. The molecule has 3 N–H and O–H groups in total. The van der Waals surface area contributed by atoms with Gasteiger partial charge in [0.2, 0.25) is 0 Å². The van der Waals surface area contributed by atoms with Crippen LogP contribution in [0.15, 0.2) is 36.4 Å².